The summed E-state index contributed by atoms with van der Waals surface area (Å²) in [5.41, 5.74) is 6.73. The molecular weight excluding hydrogens is 309 g/mol. The molecule has 8 N–H and O–H groups in total. The molecule has 0 spiro atoms. The van der Waals surface area contributed by atoms with Crippen molar-refractivity contribution < 1.29 is 24.3 Å². The van der Waals surface area contributed by atoms with Crippen LogP contribution in [0.25, 0.3) is 10.9 Å². The fraction of sp³-hybridized carbons (Fsp3) is 0.231. The summed E-state index contributed by atoms with van der Waals surface area (Å²) < 4.78 is 11.2. The van der Waals surface area contributed by atoms with Gasteiger partial charge in [-0.1, -0.05) is 18.2 Å². The van der Waals surface area contributed by atoms with Crippen molar-refractivity contribution in [3.63, 3.8) is 0 Å². The molecule has 0 bridgehead atoms. The van der Waals surface area contributed by atoms with Gasteiger partial charge in [-0.05, 0) is 17.7 Å². The average molecular weight is 327 g/mol. The largest absolute Gasteiger partial charge is 0.480 e. The van der Waals surface area contributed by atoms with Crippen LogP contribution >= 0.6 is 7.60 Å². The van der Waals surface area contributed by atoms with E-state index < -0.39 is 25.8 Å². The summed E-state index contributed by atoms with van der Waals surface area (Å²) in [6, 6.07) is 7.52. The second-order valence-corrected chi connectivity index (χ2v) is 6.40. The summed E-state index contributed by atoms with van der Waals surface area (Å²) in [4.78, 5) is 33.4. The Labute approximate surface area is 126 Å². The number of carboxylic acid groups (broad SMARTS) is 1. The first-order valence-electron chi connectivity index (χ1n) is 6.17. The van der Waals surface area contributed by atoms with Crippen LogP contribution in [-0.4, -0.2) is 31.9 Å². The van der Waals surface area contributed by atoms with Gasteiger partial charge in [0.2, 0.25) is 0 Å². The molecule has 9 heteroatoms. The highest BCUT2D eigenvalue weighted by Crippen LogP contribution is 2.40. The van der Waals surface area contributed by atoms with E-state index in [0.717, 1.165) is 5.39 Å². The molecule has 0 saturated carbocycles. The molecule has 22 heavy (non-hydrogen) atoms. The van der Waals surface area contributed by atoms with E-state index in [1.165, 1.54) is 0 Å². The fourth-order valence-electron chi connectivity index (χ4n) is 2.03. The normalized spacial score (nSPS) is 12.7. The van der Waals surface area contributed by atoms with Gasteiger partial charge in [0, 0.05) is 17.5 Å². The minimum atomic E-state index is -4.29. The average Bonchev–Trinajstić information content (AvgIpc) is 2.37. The number of rotatable bonds is 5. The second-order valence-electron chi connectivity index (χ2n) is 4.76. The molecule has 1 aromatic heterocycles. The SMILES string of the molecule is N.NC(Cc1nc2ccccc2cc1CP(=O)(O)O)C(=O)O. The zero-order valence-corrected chi connectivity index (χ0v) is 12.6. The molecule has 0 fully saturated rings. The summed E-state index contributed by atoms with van der Waals surface area (Å²) in [5.74, 6) is -1.19. The molecule has 2 aromatic rings. The quantitative estimate of drug-likeness (QED) is 0.507. The van der Waals surface area contributed by atoms with E-state index in [1.54, 1.807) is 30.3 Å². The van der Waals surface area contributed by atoms with Crippen LogP contribution in [0, 0.1) is 0 Å². The standard InChI is InChI=1S/C13H15N2O5P.H3N/c14-10(13(16)17)6-12-9(7-21(18,19)20)5-8-3-1-2-4-11(8)15-12;/h1-5,10H,6-7,14H2,(H,16,17)(H2,18,19,20);1H3. The van der Waals surface area contributed by atoms with E-state index in [0.29, 0.717) is 16.8 Å². The molecular formula is C13H18N3O5P. The molecule has 0 aliphatic rings. The number of nitrogens with zero attached hydrogens (tertiary/aromatic N) is 1. The molecule has 0 aliphatic carbocycles. The number of hydrogen-bond donors (Lipinski definition) is 5. The third kappa shape index (κ3) is 4.59. The topological polar surface area (TPSA) is 169 Å². The van der Waals surface area contributed by atoms with Gasteiger partial charge in [0.1, 0.15) is 6.04 Å². The van der Waals surface area contributed by atoms with Crippen LogP contribution in [0.1, 0.15) is 11.3 Å². The van der Waals surface area contributed by atoms with Gasteiger partial charge in [-0.25, -0.2) is 0 Å². The molecule has 0 amide bonds. The van der Waals surface area contributed by atoms with Crippen molar-refractivity contribution in [1.82, 2.24) is 11.1 Å². The number of carbonyl (C=O) groups is 1. The monoisotopic (exact) mass is 327 g/mol. The predicted molar refractivity (Wildman–Crippen MR) is 81.8 cm³/mol. The highest BCUT2D eigenvalue weighted by molar-refractivity contribution is 7.50. The third-order valence-electron chi connectivity index (χ3n) is 3.00. The molecule has 1 unspecified atom stereocenters. The first kappa shape index (κ1) is 18.2. The summed E-state index contributed by atoms with van der Waals surface area (Å²) >= 11 is 0. The lowest BCUT2D eigenvalue weighted by atomic mass is 10.0. The van der Waals surface area contributed by atoms with Gasteiger partial charge in [-0.2, -0.15) is 0 Å². The number of carboxylic acids is 1. The van der Waals surface area contributed by atoms with Gasteiger partial charge in [-0.3, -0.25) is 14.3 Å². The Morgan fingerprint density at radius 1 is 1.32 bits per heavy atom. The van der Waals surface area contributed by atoms with Crippen molar-refractivity contribution in [2.45, 2.75) is 18.6 Å². The van der Waals surface area contributed by atoms with Crippen LogP contribution in [-0.2, 0) is 21.9 Å². The molecule has 120 valence electrons. The first-order chi connectivity index (χ1) is 9.76. The van der Waals surface area contributed by atoms with Gasteiger partial charge in [-0.15, -0.1) is 0 Å². The Balaban J connectivity index is 0.00000242. The fourth-order valence-corrected chi connectivity index (χ4v) is 2.75. The second kappa shape index (κ2) is 6.95. The number of aliphatic carboxylic acids is 1. The smallest absolute Gasteiger partial charge is 0.329 e. The maximum Gasteiger partial charge on any atom is 0.329 e. The van der Waals surface area contributed by atoms with Gasteiger partial charge in [0.05, 0.1) is 11.7 Å². The van der Waals surface area contributed by atoms with E-state index in [9.17, 15) is 9.36 Å². The summed E-state index contributed by atoms with van der Waals surface area (Å²) in [7, 11) is -4.29. The van der Waals surface area contributed by atoms with Crippen molar-refractivity contribution >= 4 is 24.5 Å². The van der Waals surface area contributed by atoms with Crippen molar-refractivity contribution in [2.24, 2.45) is 5.73 Å². The van der Waals surface area contributed by atoms with Gasteiger partial charge < -0.3 is 26.8 Å². The number of hydrogen-bond acceptors (Lipinski definition) is 5. The van der Waals surface area contributed by atoms with Crippen LogP contribution in [0.4, 0.5) is 0 Å². The van der Waals surface area contributed by atoms with Crippen molar-refractivity contribution in [2.75, 3.05) is 0 Å². The number of pyridine rings is 1. The highest BCUT2D eigenvalue weighted by atomic mass is 31.2. The van der Waals surface area contributed by atoms with Gasteiger partial charge in [0.25, 0.3) is 0 Å². The summed E-state index contributed by atoms with van der Waals surface area (Å²) in [6.45, 7) is 0. The Morgan fingerprint density at radius 3 is 2.55 bits per heavy atom. The third-order valence-corrected chi connectivity index (χ3v) is 3.75. The molecule has 0 radical (unpaired) electrons. The van der Waals surface area contributed by atoms with E-state index in [4.69, 9.17) is 20.6 Å². The van der Waals surface area contributed by atoms with Crippen LogP contribution in [0.2, 0.25) is 0 Å². The zero-order valence-electron chi connectivity index (χ0n) is 11.7. The molecule has 1 atom stereocenters. The van der Waals surface area contributed by atoms with E-state index in [-0.39, 0.29) is 12.6 Å². The maximum atomic E-state index is 11.2. The zero-order chi connectivity index (χ0) is 15.6. The minimum absolute atomic E-state index is 0. The predicted octanol–water partition coefficient (Wildman–Crippen LogP) is 1.03. The van der Waals surface area contributed by atoms with Crippen molar-refractivity contribution in [3.05, 3.63) is 41.6 Å². The Hall–Kier alpha value is -1.83. The van der Waals surface area contributed by atoms with Gasteiger partial charge in [0.15, 0.2) is 0 Å². The summed E-state index contributed by atoms with van der Waals surface area (Å²) in [5, 5.41) is 9.60. The first-order valence-corrected chi connectivity index (χ1v) is 7.96. The molecule has 1 heterocycles. The molecule has 8 nitrogen and oxygen atoms in total. The van der Waals surface area contributed by atoms with E-state index in [1.807, 2.05) is 0 Å². The van der Waals surface area contributed by atoms with Crippen LogP contribution in [0.5, 0.6) is 0 Å². The van der Waals surface area contributed by atoms with E-state index in [2.05, 4.69) is 4.98 Å². The molecule has 0 aliphatic heterocycles. The van der Waals surface area contributed by atoms with Crippen LogP contribution < -0.4 is 11.9 Å². The number of aromatic nitrogens is 1. The lowest BCUT2D eigenvalue weighted by Gasteiger charge is -2.13. The van der Waals surface area contributed by atoms with Crippen molar-refractivity contribution in [3.8, 4) is 0 Å². The maximum absolute atomic E-state index is 11.2. The number of fused-ring (bicyclic) bond motifs is 1. The lowest BCUT2D eigenvalue weighted by Crippen LogP contribution is -2.33. The molecule has 0 saturated heterocycles. The Bertz CT molecular complexity index is 731. The number of benzene rings is 1. The number of nitrogens with two attached hydrogens (primary N) is 1. The highest BCUT2D eigenvalue weighted by Gasteiger charge is 2.21. The van der Waals surface area contributed by atoms with Crippen LogP contribution in [0.15, 0.2) is 30.3 Å². The Morgan fingerprint density at radius 2 is 1.95 bits per heavy atom. The van der Waals surface area contributed by atoms with Crippen LogP contribution in [0.3, 0.4) is 0 Å². The molecule has 1 aromatic carbocycles. The van der Waals surface area contributed by atoms with E-state index >= 15 is 0 Å². The minimum Gasteiger partial charge on any atom is -0.480 e. The summed E-state index contributed by atoms with van der Waals surface area (Å²) in [6.07, 6.45) is -0.581. The molecule has 2 rings (SSSR count). The van der Waals surface area contributed by atoms with Gasteiger partial charge >= 0.3 is 13.6 Å². The lowest BCUT2D eigenvalue weighted by molar-refractivity contribution is -0.138. The number of para-hydroxylation sites is 1. The van der Waals surface area contributed by atoms with Crippen molar-refractivity contribution in [1.29, 1.82) is 0 Å². The Kier molecular flexibility index (Phi) is 5.76.